The van der Waals surface area contributed by atoms with E-state index in [4.69, 9.17) is 16.3 Å². The molecule has 0 aliphatic rings. The number of hydrogen-bond acceptors (Lipinski definition) is 3. The largest absolute Gasteiger partial charge is 0.497 e. The number of carbonyl (C=O) groups excluding carboxylic acids is 1. The molecule has 0 spiro atoms. The van der Waals surface area contributed by atoms with Gasteiger partial charge in [-0.2, -0.15) is 0 Å². The van der Waals surface area contributed by atoms with Gasteiger partial charge in [0.05, 0.1) is 25.7 Å². The van der Waals surface area contributed by atoms with E-state index in [9.17, 15) is 4.79 Å². The van der Waals surface area contributed by atoms with Crippen LogP contribution in [0.3, 0.4) is 0 Å². The summed E-state index contributed by atoms with van der Waals surface area (Å²) in [6, 6.07) is 0. The summed E-state index contributed by atoms with van der Waals surface area (Å²) >= 11 is 5.45. The number of carbonyl (C=O) groups is 1. The van der Waals surface area contributed by atoms with Crippen molar-refractivity contribution in [2.75, 3.05) is 19.6 Å². The molecule has 0 atom stereocenters. The molecule has 0 heterocycles. The molecule has 0 aliphatic carbocycles. The summed E-state index contributed by atoms with van der Waals surface area (Å²) in [6.07, 6.45) is 1.23. The van der Waals surface area contributed by atoms with Crippen molar-refractivity contribution in [3.05, 3.63) is 11.8 Å². The predicted octanol–water partition coefficient (Wildman–Crippen LogP) is 1.32. The number of rotatable bonds is 4. The van der Waals surface area contributed by atoms with E-state index in [2.05, 4.69) is 4.74 Å². The Kier molecular flexibility index (Phi) is 5.65. The third kappa shape index (κ3) is 4.67. The average Bonchev–Trinajstić information content (AvgIpc) is 2.03. The van der Waals surface area contributed by atoms with Crippen molar-refractivity contribution < 1.29 is 14.3 Å². The Balaban J connectivity index is 3.99. The summed E-state index contributed by atoms with van der Waals surface area (Å²) in [4.78, 5) is 10.6. The number of halogens is 1. The zero-order chi connectivity index (χ0) is 8.69. The van der Waals surface area contributed by atoms with Gasteiger partial charge >= 0.3 is 5.97 Å². The van der Waals surface area contributed by atoms with E-state index in [0.717, 1.165) is 0 Å². The number of allylic oxidation sites excluding steroid dienone is 1. The Labute approximate surface area is 70.9 Å². The monoisotopic (exact) mass is 178 g/mol. The van der Waals surface area contributed by atoms with Crippen LogP contribution in [-0.2, 0) is 14.3 Å². The van der Waals surface area contributed by atoms with Gasteiger partial charge in [-0.1, -0.05) is 0 Å². The van der Waals surface area contributed by atoms with Crippen molar-refractivity contribution in [3.63, 3.8) is 0 Å². The fraction of sp³-hybridized carbons (Fsp3) is 0.571. The van der Waals surface area contributed by atoms with Gasteiger partial charge in [-0.25, -0.2) is 4.79 Å². The minimum atomic E-state index is -0.450. The van der Waals surface area contributed by atoms with Crippen molar-refractivity contribution in [2.45, 2.75) is 6.92 Å². The molecule has 0 aromatic heterocycles. The molecule has 0 N–H and O–H groups in total. The van der Waals surface area contributed by atoms with E-state index in [1.807, 2.05) is 6.92 Å². The normalized spacial score (nSPS) is 11.0. The SMILES string of the molecule is CCOC(=CC(=O)OC)CCl. The molecule has 0 saturated carbocycles. The van der Waals surface area contributed by atoms with Crippen LogP contribution >= 0.6 is 11.6 Å². The van der Waals surface area contributed by atoms with Gasteiger partial charge in [0.15, 0.2) is 0 Å². The minimum Gasteiger partial charge on any atom is -0.497 e. The van der Waals surface area contributed by atoms with E-state index in [1.165, 1.54) is 13.2 Å². The first-order valence-electron chi connectivity index (χ1n) is 3.21. The smallest absolute Gasteiger partial charge is 0.333 e. The lowest BCUT2D eigenvalue weighted by Gasteiger charge is -2.02. The van der Waals surface area contributed by atoms with Crippen molar-refractivity contribution in [1.29, 1.82) is 0 Å². The first kappa shape index (κ1) is 10.3. The van der Waals surface area contributed by atoms with Gasteiger partial charge in [-0.05, 0) is 6.92 Å². The summed E-state index contributed by atoms with van der Waals surface area (Å²) in [7, 11) is 1.30. The quantitative estimate of drug-likeness (QED) is 0.282. The fourth-order valence-corrected chi connectivity index (χ4v) is 0.649. The summed E-state index contributed by atoms with van der Waals surface area (Å²) in [6.45, 7) is 2.31. The average molecular weight is 179 g/mol. The third-order valence-electron chi connectivity index (χ3n) is 0.941. The molecule has 0 radical (unpaired) electrons. The molecule has 0 aromatic rings. The number of esters is 1. The molecule has 0 saturated heterocycles. The lowest BCUT2D eigenvalue weighted by atomic mass is 10.5. The Morgan fingerprint density at radius 1 is 1.64 bits per heavy atom. The van der Waals surface area contributed by atoms with Crippen LogP contribution in [0.5, 0.6) is 0 Å². The van der Waals surface area contributed by atoms with Gasteiger partial charge in [0.25, 0.3) is 0 Å². The van der Waals surface area contributed by atoms with Gasteiger partial charge in [0, 0.05) is 0 Å². The highest BCUT2D eigenvalue weighted by Gasteiger charge is 1.99. The highest BCUT2D eigenvalue weighted by Crippen LogP contribution is 2.00. The second-order valence-corrected chi connectivity index (χ2v) is 1.97. The maximum atomic E-state index is 10.6. The Bertz CT molecular complexity index is 154. The molecule has 0 aromatic carbocycles. The summed E-state index contributed by atoms with van der Waals surface area (Å²) in [5, 5.41) is 0. The van der Waals surface area contributed by atoms with E-state index in [1.54, 1.807) is 0 Å². The fourth-order valence-electron chi connectivity index (χ4n) is 0.495. The van der Waals surface area contributed by atoms with Crippen LogP contribution in [0, 0.1) is 0 Å². The van der Waals surface area contributed by atoms with E-state index >= 15 is 0 Å². The topological polar surface area (TPSA) is 35.5 Å². The molecule has 0 aliphatic heterocycles. The van der Waals surface area contributed by atoms with Crippen LogP contribution < -0.4 is 0 Å². The van der Waals surface area contributed by atoms with E-state index in [0.29, 0.717) is 12.4 Å². The molecule has 3 nitrogen and oxygen atoms in total. The molecule has 0 amide bonds. The minimum absolute atomic E-state index is 0.183. The van der Waals surface area contributed by atoms with Crippen LogP contribution in [-0.4, -0.2) is 25.6 Å². The molecular weight excluding hydrogens is 168 g/mol. The van der Waals surface area contributed by atoms with Crippen LogP contribution in [0.4, 0.5) is 0 Å². The highest BCUT2D eigenvalue weighted by molar-refractivity contribution is 6.19. The highest BCUT2D eigenvalue weighted by atomic mass is 35.5. The Morgan fingerprint density at radius 3 is 2.64 bits per heavy atom. The summed E-state index contributed by atoms with van der Waals surface area (Å²) in [5.41, 5.74) is 0. The van der Waals surface area contributed by atoms with Crippen molar-refractivity contribution in [2.24, 2.45) is 0 Å². The summed E-state index contributed by atoms with van der Waals surface area (Å²) in [5.74, 6) is 0.165. The summed E-state index contributed by atoms with van der Waals surface area (Å²) < 4.78 is 9.37. The zero-order valence-electron chi connectivity index (χ0n) is 6.59. The molecule has 0 rings (SSSR count). The zero-order valence-corrected chi connectivity index (χ0v) is 7.35. The number of hydrogen-bond donors (Lipinski definition) is 0. The van der Waals surface area contributed by atoms with Gasteiger partial charge in [0.2, 0.25) is 0 Å². The van der Waals surface area contributed by atoms with Gasteiger partial charge in [-0.15, -0.1) is 11.6 Å². The molecule has 0 bridgehead atoms. The van der Waals surface area contributed by atoms with Gasteiger partial charge in [-0.3, -0.25) is 0 Å². The predicted molar refractivity (Wildman–Crippen MR) is 42.4 cm³/mol. The van der Waals surface area contributed by atoms with Crippen LogP contribution in [0.1, 0.15) is 6.92 Å². The van der Waals surface area contributed by atoms with Crippen molar-refractivity contribution in [1.82, 2.24) is 0 Å². The molecule has 0 unspecified atom stereocenters. The second kappa shape index (κ2) is 6.04. The second-order valence-electron chi connectivity index (χ2n) is 1.70. The van der Waals surface area contributed by atoms with E-state index < -0.39 is 5.97 Å². The number of methoxy groups -OCH3 is 1. The Morgan fingerprint density at radius 2 is 2.27 bits per heavy atom. The molecule has 11 heavy (non-hydrogen) atoms. The van der Waals surface area contributed by atoms with Crippen LogP contribution in [0.2, 0.25) is 0 Å². The first-order chi connectivity index (χ1) is 5.24. The third-order valence-corrected chi connectivity index (χ3v) is 1.20. The lowest BCUT2D eigenvalue weighted by molar-refractivity contribution is -0.135. The number of ether oxygens (including phenoxy) is 2. The van der Waals surface area contributed by atoms with Crippen molar-refractivity contribution >= 4 is 17.6 Å². The molecular formula is C7H11ClO3. The first-order valence-corrected chi connectivity index (χ1v) is 3.75. The van der Waals surface area contributed by atoms with Crippen LogP contribution in [0.25, 0.3) is 0 Å². The lowest BCUT2D eigenvalue weighted by Crippen LogP contribution is -2.01. The van der Waals surface area contributed by atoms with E-state index in [-0.39, 0.29) is 5.88 Å². The van der Waals surface area contributed by atoms with Crippen LogP contribution in [0.15, 0.2) is 11.8 Å². The maximum absolute atomic E-state index is 10.6. The maximum Gasteiger partial charge on any atom is 0.333 e. The van der Waals surface area contributed by atoms with Gasteiger partial charge in [0.1, 0.15) is 5.76 Å². The number of alkyl halides is 1. The van der Waals surface area contributed by atoms with Crippen molar-refractivity contribution in [3.8, 4) is 0 Å². The standard InChI is InChI=1S/C7H11ClO3/c1-3-11-6(5-8)4-7(9)10-2/h4H,3,5H2,1-2H3. The molecule has 64 valence electrons. The Hall–Kier alpha value is -0.700. The molecule has 4 heteroatoms. The van der Waals surface area contributed by atoms with Gasteiger partial charge < -0.3 is 9.47 Å². The molecule has 0 fully saturated rings.